The first-order valence-corrected chi connectivity index (χ1v) is 42.3. The Hall–Kier alpha value is -9.72. The van der Waals surface area contributed by atoms with Crippen LogP contribution in [0.3, 0.4) is 0 Å². The molecule has 0 radical (unpaired) electrons. The maximum Gasteiger partial charge on any atom is 0.259 e. The SMILES string of the molecule is CCCCCCCCOc1cc(OCCCCCCCC)c2cc1[nH]c(=O)c1cc(ccc1OCCCC)nccnc1ccc(OCCCC)c(c1)c(=O)[nH]c1cc([nH]c(=O)c3cc(ccc3OCCCC)nccnc3ccc(OCCCC)c(c3)c(=O)[nH]2)c(OCCCCCCCC)cc1OCCCCCCCC. The van der Waals surface area contributed by atoms with Crippen LogP contribution in [-0.2, 0) is 0 Å². The maximum absolute atomic E-state index is 15.2. The number of aromatic amines is 4. The molecule has 1 heterocycles. The smallest absolute Gasteiger partial charge is 0.259 e. The number of H-pyrrole nitrogens is 4. The van der Waals surface area contributed by atoms with Crippen LogP contribution in [0.4, 0.5) is 0 Å². The van der Waals surface area contributed by atoms with Crippen LogP contribution in [0.1, 0.15) is 261 Å². The molecule has 0 saturated heterocycles. The highest BCUT2D eigenvalue weighted by atomic mass is 16.5. The molecule has 0 saturated carbocycles. The molecule has 608 valence electrons. The minimum atomic E-state index is -0.510. The van der Waals surface area contributed by atoms with Gasteiger partial charge < -0.3 is 57.8 Å². The predicted octanol–water partition coefficient (Wildman–Crippen LogP) is 22.8. The second-order valence-electron chi connectivity index (χ2n) is 28.6. The fourth-order valence-corrected chi connectivity index (χ4v) is 12.4. The Labute approximate surface area is 663 Å². The molecule has 20 nitrogen and oxygen atoms in total. The summed E-state index contributed by atoms with van der Waals surface area (Å²) in [7, 11) is 0. The Morgan fingerprint density at radius 2 is 0.402 bits per heavy atom. The van der Waals surface area contributed by atoms with Crippen molar-refractivity contribution in [2.24, 2.45) is 0 Å². The molecule has 112 heavy (non-hydrogen) atoms. The van der Waals surface area contributed by atoms with Crippen LogP contribution < -0.4 is 60.1 Å². The highest BCUT2D eigenvalue weighted by Crippen LogP contribution is 2.32. The molecule has 12 bridgehead atoms. The number of nitrogens with zero attached hydrogens (tertiary/aromatic N) is 4. The molecule has 6 aromatic carbocycles. The van der Waals surface area contributed by atoms with Crippen molar-refractivity contribution in [2.75, 3.05) is 52.9 Å². The number of unbranched alkanes of at least 4 members (excludes halogenated alkanes) is 24. The molecular weight excluding hydrogens is 1410 g/mol. The number of nitrogens with one attached hydrogen (secondary N) is 4. The molecule has 7 rings (SSSR count). The zero-order chi connectivity index (χ0) is 79.6. The van der Waals surface area contributed by atoms with Crippen LogP contribution in [-0.4, -0.2) is 92.7 Å². The molecule has 0 amide bonds. The molecule has 0 fully saturated rings. The van der Waals surface area contributed by atoms with Crippen LogP contribution in [0.15, 0.2) is 141 Å². The van der Waals surface area contributed by atoms with Gasteiger partial charge in [0.25, 0.3) is 22.2 Å². The largest absolute Gasteiger partial charge is 0.493 e. The summed E-state index contributed by atoms with van der Waals surface area (Å²) in [6.45, 7) is 20.0. The average Bonchev–Trinajstić information content (AvgIpc) is 0.832. The van der Waals surface area contributed by atoms with Crippen LogP contribution in [0.5, 0.6) is 46.0 Å². The van der Waals surface area contributed by atoms with E-state index in [1.165, 1.54) is 50.5 Å². The van der Waals surface area contributed by atoms with Crippen molar-refractivity contribution >= 4 is 65.7 Å². The summed E-state index contributed by atoms with van der Waals surface area (Å²) in [4.78, 5) is 92.5. The molecule has 0 aliphatic rings. The summed E-state index contributed by atoms with van der Waals surface area (Å²) < 4.78 is 51.9. The Morgan fingerprint density at radius 1 is 0.214 bits per heavy atom. The molecule has 0 aliphatic heterocycles. The Kier molecular flexibility index (Phi) is 42.6. The second-order valence-corrected chi connectivity index (χ2v) is 28.6. The van der Waals surface area contributed by atoms with Crippen molar-refractivity contribution in [2.45, 2.75) is 261 Å². The van der Waals surface area contributed by atoms with Gasteiger partial charge in [0.1, 0.15) is 46.0 Å². The maximum atomic E-state index is 15.2. The fraction of sp³-hybridized carbons (Fsp3) is 0.522. The Balaban J connectivity index is 1.60. The molecule has 1 aromatic heterocycles. The minimum absolute atomic E-state index is 0.206. The zero-order valence-corrected chi connectivity index (χ0v) is 68.5. The van der Waals surface area contributed by atoms with E-state index in [2.05, 4.69) is 75.3 Å². The monoisotopic (exact) mass is 1540 g/mol. The molecule has 0 atom stereocenters. The summed E-state index contributed by atoms with van der Waals surface area (Å²) in [6.07, 6.45) is 37.6. The lowest BCUT2D eigenvalue weighted by atomic mass is 10.1. The van der Waals surface area contributed by atoms with Crippen molar-refractivity contribution < 1.29 is 37.9 Å². The first-order valence-electron chi connectivity index (χ1n) is 42.3. The van der Waals surface area contributed by atoms with Crippen molar-refractivity contribution in [1.82, 2.24) is 39.9 Å². The van der Waals surface area contributed by atoms with Crippen LogP contribution >= 0.6 is 0 Å². The molecule has 4 N–H and O–H groups in total. The van der Waals surface area contributed by atoms with Gasteiger partial charge in [0, 0.05) is 36.9 Å². The van der Waals surface area contributed by atoms with Gasteiger partial charge in [0.15, 0.2) is 0 Å². The number of ether oxygens (including phenoxy) is 8. The summed E-state index contributed by atoms with van der Waals surface area (Å²) in [5.41, 5.74) is 0.825. The fourth-order valence-electron chi connectivity index (χ4n) is 12.4. The highest BCUT2D eigenvalue weighted by molar-refractivity contribution is 5.79. The minimum Gasteiger partial charge on any atom is -0.493 e. The molecule has 0 aliphatic carbocycles. The zero-order valence-electron chi connectivity index (χ0n) is 68.5. The summed E-state index contributed by atoms with van der Waals surface area (Å²) in [5.74, 6) is 2.85. The van der Waals surface area contributed by atoms with E-state index in [-0.39, 0.29) is 43.6 Å². The quantitative estimate of drug-likeness (QED) is 0.0259. The van der Waals surface area contributed by atoms with Gasteiger partial charge in [-0.05, 0) is 136 Å². The van der Waals surface area contributed by atoms with E-state index in [9.17, 15) is 0 Å². The van der Waals surface area contributed by atoms with Gasteiger partial charge >= 0.3 is 0 Å². The first kappa shape index (κ1) is 89.5. The van der Waals surface area contributed by atoms with E-state index in [4.69, 9.17) is 57.8 Å². The van der Waals surface area contributed by atoms with Crippen LogP contribution in [0, 0.1) is 0 Å². The van der Waals surface area contributed by atoms with Gasteiger partial charge in [-0.1, -0.05) is 209 Å². The predicted molar refractivity (Wildman–Crippen MR) is 459 cm³/mol. The lowest BCUT2D eigenvalue weighted by Crippen LogP contribution is -2.09. The number of hydrogen-bond donors (Lipinski definition) is 4. The topological polar surface area (TPSA) is 257 Å². The third-order valence-corrected chi connectivity index (χ3v) is 19.1. The lowest BCUT2D eigenvalue weighted by molar-refractivity contribution is 0.293. The summed E-state index contributed by atoms with van der Waals surface area (Å²) in [5, 5.41) is 0.823. The third kappa shape index (κ3) is 31.8. The molecule has 7 aromatic rings. The molecule has 0 spiro atoms. The number of aromatic nitrogens is 8. The van der Waals surface area contributed by atoms with E-state index in [1.54, 1.807) is 97.1 Å². The number of benzene rings is 6. The van der Waals surface area contributed by atoms with Crippen molar-refractivity contribution in [1.29, 1.82) is 0 Å². The van der Waals surface area contributed by atoms with E-state index >= 15 is 19.2 Å². The third-order valence-electron chi connectivity index (χ3n) is 19.1. The highest BCUT2D eigenvalue weighted by Gasteiger charge is 2.15. The van der Waals surface area contributed by atoms with Gasteiger partial charge in [-0.15, -0.1) is 0 Å². The van der Waals surface area contributed by atoms with Crippen LogP contribution in [0.2, 0.25) is 0 Å². The van der Waals surface area contributed by atoms with Gasteiger partial charge in [0.2, 0.25) is 0 Å². The van der Waals surface area contributed by atoms with Gasteiger partial charge in [-0.3, -0.25) is 39.1 Å². The summed E-state index contributed by atoms with van der Waals surface area (Å²) >= 11 is 0. The average molecular weight is 1540 g/mol. The van der Waals surface area contributed by atoms with Crippen molar-refractivity contribution in [3.63, 3.8) is 0 Å². The first-order chi connectivity index (χ1) is 54.9. The van der Waals surface area contributed by atoms with Crippen molar-refractivity contribution in [3.05, 3.63) is 163 Å². The van der Waals surface area contributed by atoms with Gasteiger partial charge in [-0.2, -0.15) is 0 Å². The molecular formula is C92H128N8O12. The van der Waals surface area contributed by atoms with Gasteiger partial charge in [0.05, 0.1) is 119 Å². The second kappa shape index (κ2) is 53.3. The molecule has 20 heteroatoms. The summed E-state index contributed by atoms with van der Waals surface area (Å²) in [6, 6.07) is 27.5. The lowest BCUT2D eigenvalue weighted by Gasteiger charge is -2.13. The van der Waals surface area contributed by atoms with E-state index in [0.717, 1.165) is 180 Å². The Bertz CT molecular complexity index is 4100. The molecule has 0 unspecified atom stereocenters. The van der Waals surface area contributed by atoms with E-state index in [0.29, 0.717) is 121 Å². The van der Waals surface area contributed by atoms with Crippen molar-refractivity contribution in [3.8, 4) is 46.0 Å². The standard InChI is InChI=1S/C92H128N8O12/c1-9-17-25-29-33-37-57-109-85-67-86(110-58-38-34-30-26-18-10-2)78-65-77(85)97-89(101)73-61-69(41-45-81(73)105-53-21-13-5)93-49-50-95-71-43-47-83(107-55-23-15-7)75(63-71)91(103)99-79-66-80(88(112-60-40-36-32-28-20-12-4)68-87(79)111-59-39-35-31-27-19-11-3)100-92(104)76-64-72(44-48-84(76)108-56-24-16-8)96-52-51-94-70-42-46-82(106-54-22-14-6)74(62-70)90(102)98-78/h41-52,61-68H,9-40,53-60H2,1-8H3,(H,97,101)(H,98,102)(H,99,103)(H,100,104). The normalized spacial score (nSPS) is 11.0. The van der Waals surface area contributed by atoms with Gasteiger partial charge in [-0.25, -0.2) is 0 Å². The number of rotatable bonds is 48. The van der Waals surface area contributed by atoms with Crippen LogP contribution in [0.25, 0.3) is 65.7 Å². The van der Waals surface area contributed by atoms with E-state index in [1.807, 2.05) is 0 Å². The Morgan fingerprint density at radius 3 is 0.616 bits per heavy atom. The van der Waals surface area contributed by atoms with E-state index < -0.39 is 22.2 Å². The number of fused-ring (bicyclic) bond motifs is 12. The number of hydrogen-bond acceptors (Lipinski definition) is 16.